The van der Waals surface area contributed by atoms with Gasteiger partial charge in [-0.2, -0.15) is 0 Å². The van der Waals surface area contributed by atoms with Crippen molar-refractivity contribution in [1.29, 1.82) is 0 Å². The van der Waals surface area contributed by atoms with Crippen LogP contribution in [0.2, 0.25) is 0 Å². The maximum atomic E-state index is 13.8. The van der Waals surface area contributed by atoms with E-state index in [1.165, 1.54) is 0 Å². The largest absolute Gasteiger partial charge is 0.496 e. The van der Waals surface area contributed by atoms with E-state index < -0.39 is 23.0 Å². The molecule has 176 valence electrons. The lowest BCUT2D eigenvalue weighted by Gasteiger charge is -2.34. The van der Waals surface area contributed by atoms with E-state index in [0.717, 1.165) is 11.1 Å². The van der Waals surface area contributed by atoms with Gasteiger partial charge < -0.3 is 29.2 Å². The summed E-state index contributed by atoms with van der Waals surface area (Å²) in [6.07, 6.45) is 3.48. The number of ether oxygens (including phenoxy) is 4. The predicted octanol–water partition coefficient (Wildman–Crippen LogP) is 2.41. The Labute approximate surface area is 197 Å². The SMILES string of the molecule is COc1ccccc1CNC(=O)C1[C@@H]2C=C[C@@]3(CN(Cc4ccc5c(c4)OCO5)C(=O)[C@]13C)O2. The van der Waals surface area contributed by atoms with Crippen molar-refractivity contribution >= 4 is 11.8 Å². The number of fused-ring (bicyclic) bond motifs is 2. The molecule has 2 bridgehead atoms. The van der Waals surface area contributed by atoms with Crippen LogP contribution >= 0.6 is 0 Å². The van der Waals surface area contributed by atoms with Crippen LogP contribution in [0.15, 0.2) is 54.6 Å². The van der Waals surface area contributed by atoms with Crippen LogP contribution in [0.1, 0.15) is 18.1 Å². The molecule has 6 rings (SSSR count). The summed E-state index contributed by atoms with van der Waals surface area (Å²) in [4.78, 5) is 29.0. The summed E-state index contributed by atoms with van der Waals surface area (Å²) < 4.78 is 22.6. The Hall–Kier alpha value is -3.52. The molecule has 0 aliphatic carbocycles. The van der Waals surface area contributed by atoms with Crippen LogP contribution < -0.4 is 19.5 Å². The fourth-order valence-corrected chi connectivity index (χ4v) is 5.83. The molecule has 0 saturated carbocycles. The van der Waals surface area contributed by atoms with Crippen molar-refractivity contribution in [1.82, 2.24) is 10.2 Å². The fraction of sp³-hybridized carbons (Fsp3) is 0.385. The van der Waals surface area contributed by atoms with Gasteiger partial charge in [-0.3, -0.25) is 9.59 Å². The van der Waals surface area contributed by atoms with E-state index in [1.54, 1.807) is 12.0 Å². The van der Waals surface area contributed by atoms with Gasteiger partial charge in [-0.1, -0.05) is 36.4 Å². The van der Waals surface area contributed by atoms with E-state index in [1.807, 2.05) is 61.5 Å². The zero-order valence-electron chi connectivity index (χ0n) is 19.1. The second-order valence-electron chi connectivity index (χ2n) is 9.39. The number of amides is 2. The first-order valence-electron chi connectivity index (χ1n) is 11.4. The molecular formula is C26H26N2O6. The lowest BCUT2D eigenvalue weighted by Crippen LogP contribution is -2.52. The molecule has 2 aromatic carbocycles. The summed E-state index contributed by atoms with van der Waals surface area (Å²) in [5.74, 6) is 1.22. The van der Waals surface area contributed by atoms with E-state index in [2.05, 4.69) is 5.32 Å². The topological polar surface area (TPSA) is 86.3 Å². The molecule has 1 N–H and O–H groups in total. The highest BCUT2D eigenvalue weighted by Crippen LogP contribution is 2.60. The molecule has 1 spiro atoms. The first kappa shape index (κ1) is 21.0. The predicted molar refractivity (Wildman–Crippen MR) is 121 cm³/mol. The Morgan fingerprint density at radius 1 is 1.21 bits per heavy atom. The summed E-state index contributed by atoms with van der Waals surface area (Å²) in [5, 5.41) is 3.01. The number of rotatable bonds is 6. The van der Waals surface area contributed by atoms with Crippen molar-refractivity contribution in [3.63, 3.8) is 0 Å². The van der Waals surface area contributed by atoms with Crippen molar-refractivity contribution in [3.05, 3.63) is 65.7 Å². The van der Waals surface area contributed by atoms with Gasteiger partial charge in [0.15, 0.2) is 11.5 Å². The number of nitrogens with zero attached hydrogens (tertiary/aromatic N) is 1. The number of hydrogen-bond acceptors (Lipinski definition) is 6. The molecule has 8 nitrogen and oxygen atoms in total. The zero-order valence-corrected chi connectivity index (χ0v) is 19.1. The van der Waals surface area contributed by atoms with Crippen LogP contribution in [0.4, 0.5) is 0 Å². The van der Waals surface area contributed by atoms with Crippen LogP contribution in [-0.4, -0.2) is 48.9 Å². The van der Waals surface area contributed by atoms with E-state index in [4.69, 9.17) is 18.9 Å². The highest BCUT2D eigenvalue weighted by molar-refractivity contribution is 5.96. The third-order valence-electron chi connectivity index (χ3n) is 7.63. The Bertz CT molecular complexity index is 1210. The van der Waals surface area contributed by atoms with E-state index >= 15 is 0 Å². The Morgan fingerprint density at radius 2 is 2.03 bits per heavy atom. The minimum atomic E-state index is -0.979. The van der Waals surface area contributed by atoms with Gasteiger partial charge in [0.05, 0.1) is 31.1 Å². The quantitative estimate of drug-likeness (QED) is 0.664. The molecular weight excluding hydrogens is 436 g/mol. The van der Waals surface area contributed by atoms with Gasteiger partial charge in [0.25, 0.3) is 0 Å². The first-order valence-corrected chi connectivity index (χ1v) is 11.4. The monoisotopic (exact) mass is 462 g/mol. The Balaban J connectivity index is 1.23. The Morgan fingerprint density at radius 3 is 2.88 bits per heavy atom. The minimum absolute atomic E-state index is 0.0746. The van der Waals surface area contributed by atoms with Crippen LogP contribution in [0.5, 0.6) is 17.2 Å². The molecule has 34 heavy (non-hydrogen) atoms. The van der Waals surface area contributed by atoms with Gasteiger partial charge in [-0.25, -0.2) is 0 Å². The fourth-order valence-electron chi connectivity index (χ4n) is 5.83. The summed E-state index contributed by atoms with van der Waals surface area (Å²) in [6, 6.07) is 13.2. The molecule has 2 aromatic rings. The molecule has 4 aliphatic heterocycles. The second-order valence-corrected chi connectivity index (χ2v) is 9.39. The lowest BCUT2D eigenvalue weighted by molar-refractivity contribution is -0.143. The van der Waals surface area contributed by atoms with Crippen LogP contribution in [0.3, 0.4) is 0 Å². The number of carbonyl (C=O) groups excluding carboxylic acids is 2. The minimum Gasteiger partial charge on any atom is -0.496 e. The molecule has 2 amide bonds. The smallest absolute Gasteiger partial charge is 0.233 e. The van der Waals surface area contributed by atoms with Gasteiger partial charge in [0.2, 0.25) is 18.6 Å². The van der Waals surface area contributed by atoms with Gasteiger partial charge in [-0.15, -0.1) is 0 Å². The first-order chi connectivity index (χ1) is 16.4. The molecule has 2 fully saturated rings. The number of nitrogens with one attached hydrogen (secondary N) is 1. The number of carbonyl (C=O) groups is 2. The summed E-state index contributed by atoms with van der Waals surface area (Å²) in [6.45, 7) is 3.19. The summed E-state index contributed by atoms with van der Waals surface area (Å²) >= 11 is 0. The summed E-state index contributed by atoms with van der Waals surface area (Å²) in [7, 11) is 1.60. The van der Waals surface area contributed by atoms with Crippen molar-refractivity contribution in [3.8, 4) is 17.2 Å². The standard InChI is InChI=1S/C26H26N2O6/c1-25-22(23(29)27-12-17-5-3-4-6-18(17)31-2)20-9-10-26(25,34-20)14-28(24(25)30)13-16-7-8-19-21(11-16)33-15-32-19/h3-11,20,22H,12-15H2,1-2H3,(H,27,29)/t20-,22?,25-,26-/m0/s1. The van der Waals surface area contributed by atoms with Crippen LogP contribution in [0.25, 0.3) is 0 Å². The molecule has 0 aromatic heterocycles. The lowest BCUT2D eigenvalue weighted by atomic mass is 9.64. The van der Waals surface area contributed by atoms with Crippen LogP contribution in [-0.2, 0) is 27.4 Å². The normalized spacial score (nSPS) is 30.1. The Kier molecular flexibility index (Phi) is 4.64. The molecule has 8 heteroatoms. The number of para-hydroxylation sites is 1. The van der Waals surface area contributed by atoms with E-state index in [9.17, 15) is 9.59 Å². The molecule has 4 atom stereocenters. The van der Waals surface area contributed by atoms with E-state index in [-0.39, 0.29) is 18.6 Å². The third-order valence-corrected chi connectivity index (χ3v) is 7.63. The highest BCUT2D eigenvalue weighted by atomic mass is 16.7. The maximum absolute atomic E-state index is 13.8. The van der Waals surface area contributed by atoms with Gasteiger partial charge >= 0.3 is 0 Å². The zero-order chi connectivity index (χ0) is 23.5. The number of benzene rings is 2. The average molecular weight is 463 g/mol. The van der Waals surface area contributed by atoms with Crippen molar-refractivity contribution < 1.29 is 28.5 Å². The molecule has 0 radical (unpaired) electrons. The second kappa shape index (κ2) is 7.50. The van der Waals surface area contributed by atoms with Crippen LogP contribution in [0, 0.1) is 11.3 Å². The van der Waals surface area contributed by atoms with Crippen molar-refractivity contribution in [2.75, 3.05) is 20.4 Å². The number of likely N-dealkylation sites (tertiary alicyclic amines) is 1. The number of hydrogen-bond donors (Lipinski definition) is 1. The molecule has 2 saturated heterocycles. The highest BCUT2D eigenvalue weighted by Gasteiger charge is 2.74. The summed E-state index contributed by atoms with van der Waals surface area (Å²) in [5.41, 5.74) is 0.0267. The molecule has 4 aliphatic rings. The van der Waals surface area contributed by atoms with Crippen molar-refractivity contribution in [2.24, 2.45) is 11.3 Å². The van der Waals surface area contributed by atoms with Gasteiger partial charge in [0.1, 0.15) is 11.4 Å². The third kappa shape index (κ3) is 2.88. The average Bonchev–Trinajstić information content (AvgIpc) is 3.58. The molecule has 1 unspecified atom stereocenters. The van der Waals surface area contributed by atoms with Gasteiger partial charge in [-0.05, 0) is 30.7 Å². The van der Waals surface area contributed by atoms with Gasteiger partial charge in [0, 0.05) is 18.7 Å². The van der Waals surface area contributed by atoms with E-state index in [0.29, 0.717) is 36.9 Å². The van der Waals surface area contributed by atoms with Crippen molar-refractivity contribution in [2.45, 2.75) is 31.7 Å². The maximum Gasteiger partial charge on any atom is 0.233 e. The number of methoxy groups -OCH3 is 1. The molecule has 4 heterocycles.